The molecule has 3 rings (SSSR count). The van der Waals surface area contributed by atoms with Crippen LogP contribution in [0, 0.1) is 0 Å². The van der Waals surface area contributed by atoms with Crippen molar-refractivity contribution in [2.24, 2.45) is 0 Å². The fourth-order valence-electron chi connectivity index (χ4n) is 2.57. The molecule has 5 heteroatoms. The molecule has 1 saturated carbocycles. The minimum atomic E-state index is -2.51. The molecule has 1 saturated heterocycles. The van der Waals surface area contributed by atoms with Gasteiger partial charge in [-0.25, -0.2) is 18.7 Å². The van der Waals surface area contributed by atoms with Gasteiger partial charge in [0.05, 0.1) is 0 Å². The molecule has 0 bridgehead atoms. The highest BCUT2D eigenvalue weighted by Crippen LogP contribution is 2.39. The summed E-state index contributed by atoms with van der Waals surface area (Å²) in [4.78, 5) is 10.7. The average Bonchev–Trinajstić information content (AvgIpc) is 3.25. The van der Waals surface area contributed by atoms with Gasteiger partial charge < -0.3 is 4.90 Å². The van der Waals surface area contributed by atoms with Gasteiger partial charge in [-0.05, 0) is 25.7 Å². The number of nitrogens with zero attached hydrogens (tertiary/aromatic N) is 3. The van der Waals surface area contributed by atoms with Crippen molar-refractivity contribution in [1.29, 1.82) is 0 Å². The summed E-state index contributed by atoms with van der Waals surface area (Å²) in [6.07, 6.45) is 4.24. The topological polar surface area (TPSA) is 29.0 Å². The summed E-state index contributed by atoms with van der Waals surface area (Å²) in [5.41, 5.74) is -0.115. The third kappa shape index (κ3) is 3.01. The van der Waals surface area contributed by atoms with Gasteiger partial charge in [-0.2, -0.15) is 0 Å². The number of halogens is 2. The van der Waals surface area contributed by atoms with Crippen LogP contribution in [-0.2, 0) is 0 Å². The zero-order chi connectivity index (χ0) is 13.2. The first-order chi connectivity index (χ1) is 9.24. The smallest absolute Gasteiger partial charge is 0.280 e. The molecule has 104 valence electrons. The van der Waals surface area contributed by atoms with E-state index in [0.717, 1.165) is 38.8 Å². The lowest BCUT2D eigenvalue weighted by Gasteiger charge is -2.22. The molecular weight excluding hydrogens is 248 g/mol. The average molecular weight is 267 g/mol. The van der Waals surface area contributed by atoms with Crippen LogP contribution in [0.15, 0.2) is 6.07 Å². The predicted molar refractivity (Wildman–Crippen MR) is 69.6 cm³/mol. The van der Waals surface area contributed by atoms with Gasteiger partial charge in [-0.3, -0.25) is 0 Å². The Balaban J connectivity index is 1.89. The van der Waals surface area contributed by atoms with Crippen molar-refractivity contribution in [3.8, 4) is 0 Å². The van der Waals surface area contributed by atoms with Gasteiger partial charge in [0.1, 0.15) is 17.3 Å². The van der Waals surface area contributed by atoms with Gasteiger partial charge in [0.2, 0.25) is 0 Å². The third-order valence-electron chi connectivity index (χ3n) is 3.85. The van der Waals surface area contributed by atoms with E-state index in [9.17, 15) is 8.78 Å². The second-order valence-electron chi connectivity index (χ2n) is 5.49. The summed E-state index contributed by atoms with van der Waals surface area (Å²) in [7, 11) is 0. The molecule has 1 aromatic rings. The number of rotatable bonds is 3. The van der Waals surface area contributed by atoms with Crippen LogP contribution in [0.3, 0.4) is 0 Å². The van der Waals surface area contributed by atoms with Crippen molar-refractivity contribution in [3.63, 3.8) is 0 Å². The number of aromatic nitrogens is 2. The second-order valence-corrected chi connectivity index (χ2v) is 5.49. The van der Waals surface area contributed by atoms with Crippen molar-refractivity contribution in [2.75, 3.05) is 18.0 Å². The molecule has 2 aliphatic rings. The molecule has 1 aliphatic heterocycles. The molecule has 0 atom stereocenters. The zero-order valence-corrected chi connectivity index (χ0v) is 11.0. The lowest BCUT2D eigenvalue weighted by molar-refractivity contribution is 0.145. The molecule has 1 aromatic heterocycles. The molecule has 19 heavy (non-hydrogen) atoms. The Morgan fingerprint density at radius 1 is 1.05 bits per heavy atom. The first-order valence-corrected chi connectivity index (χ1v) is 7.16. The van der Waals surface area contributed by atoms with Crippen LogP contribution in [0.4, 0.5) is 14.6 Å². The second kappa shape index (κ2) is 5.39. The quantitative estimate of drug-likeness (QED) is 0.836. The first kappa shape index (κ1) is 12.8. The minimum absolute atomic E-state index is 0.115. The molecule has 0 N–H and O–H groups in total. The van der Waals surface area contributed by atoms with Crippen molar-refractivity contribution < 1.29 is 8.78 Å². The Kier molecular flexibility index (Phi) is 3.62. The van der Waals surface area contributed by atoms with Crippen LogP contribution in [0.1, 0.15) is 62.4 Å². The summed E-state index contributed by atoms with van der Waals surface area (Å²) >= 11 is 0. The third-order valence-corrected chi connectivity index (χ3v) is 3.85. The molecule has 0 aromatic carbocycles. The number of hydrogen-bond donors (Lipinski definition) is 0. The number of anilines is 1. The molecule has 3 nitrogen and oxygen atoms in total. The van der Waals surface area contributed by atoms with Crippen LogP contribution in [-0.4, -0.2) is 23.1 Å². The maximum atomic E-state index is 12.9. The van der Waals surface area contributed by atoms with E-state index in [1.54, 1.807) is 0 Å². The molecule has 0 unspecified atom stereocenters. The fraction of sp³-hybridized carbons (Fsp3) is 0.714. The lowest BCUT2D eigenvalue weighted by Crippen LogP contribution is -2.25. The van der Waals surface area contributed by atoms with Gasteiger partial charge in [0.25, 0.3) is 6.43 Å². The molecule has 0 spiro atoms. The highest BCUT2D eigenvalue weighted by molar-refractivity contribution is 5.41. The summed E-state index contributed by atoms with van der Waals surface area (Å²) < 4.78 is 25.9. The van der Waals surface area contributed by atoms with Crippen molar-refractivity contribution in [2.45, 2.75) is 50.9 Å². The Labute approximate surface area is 112 Å². The Morgan fingerprint density at radius 2 is 1.74 bits per heavy atom. The Morgan fingerprint density at radius 3 is 2.32 bits per heavy atom. The van der Waals surface area contributed by atoms with Gasteiger partial charge in [-0.1, -0.05) is 12.8 Å². The lowest BCUT2D eigenvalue weighted by atomic mass is 10.2. The Hall–Kier alpha value is -1.26. The highest BCUT2D eigenvalue weighted by atomic mass is 19.3. The summed E-state index contributed by atoms with van der Waals surface area (Å²) in [6, 6.07) is 1.47. The molecular formula is C14H19F2N3. The molecule has 1 aliphatic carbocycles. The predicted octanol–water partition coefficient (Wildman–Crippen LogP) is 3.67. The summed E-state index contributed by atoms with van der Waals surface area (Å²) in [5, 5.41) is 0. The van der Waals surface area contributed by atoms with Crippen LogP contribution in [0.5, 0.6) is 0 Å². The molecule has 2 heterocycles. The first-order valence-electron chi connectivity index (χ1n) is 7.16. The van der Waals surface area contributed by atoms with Crippen LogP contribution < -0.4 is 4.90 Å². The van der Waals surface area contributed by atoms with E-state index in [2.05, 4.69) is 14.9 Å². The van der Waals surface area contributed by atoms with E-state index < -0.39 is 6.43 Å². The summed E-state index contributed by atoms with van der Waals surface area (Å²) in [6.45, 7) is 1.84. The van der Waals surface area contributed by atoms with Crippen molar-refractivity contribution in [3.05, 3.63) is 17.6 Å². The zero-order valence-electron chi connectivity index (χ0n) is 11.0. The highest BCUT2D eigenvalue weighted by Gasteiger charge is 2.29. The monoisotopic (exact) mass is 267 g/mol. The number of alkyl halides is 2. The van der Waals surface area contributed by atoms with E-state index in [0.29, 0.717) is 17.6 Å². The SMILES string of the molecule is FC(F)c1cc(N2CCCCCC2)nc(C2CC2)n1. The standard InChI is InChI=1S/C14H19F2N3/c15-13(16)11-9-12(18-14(17-11)10-5-6-10)19-7-3-1-2-4-8-19/h9-10,13H,1-8H2. The fourth-order valence-corrected chi connectivity index (χ4v) is 2.57. The molecule has 0 radical (unpaired) electrons. The van der Waals surface area contributed by atoms with Crippen molar-refractivity contribution >= 4 is 5.82 Å². The molecule has 2 fully saturated rings. The van der Waals surface area contributed by atoms with Crippen LogP contribution in [0.25, 0.3) is 0 Å². The van der Waals surface area contributed by atoms with Crippen molar-refractivity contribution in [1.82, 2.24) is 9.97 Å². The minimum Gasteiger partial charge on any atom is -0.357 e. The Bertz CT molecular complexity index is 418. The van der Waals surface area contributed by atoms with E-state index >= 15 is 0 Å². The van der Waals surface area contributed by atoms with E-state index in [1.807, 2.05) is 0 Å². The van der Waals surface area contributed by atoms with Gasteiger partial charge in [0, 0.05) is 25.1 Å². The van der Waals surface area contributed by atoms with E-state index in [1.165, 1.54) is 18.9 Å². The van der Waals surface area contributed by atoms with Gasteiger partial charge in [0.15, 0.2) is 0 Å². The van der Waals surface area contributed by atoms with Crippen LogP contribution >= 0.6 is 0 Å². The van der Waals surface area contributed by atoms with Gasteiger partial charge >= 0.3 is 0 Å². The summed E-state index contributed by atoms with van der Waals surface area (Å²) in [5.74, 6) is 1.63. The maximum Gasteiger partial charge on any atom is 0.280 e. The normalized spacial score (nSPS) is 20.7. The van der Waals surface area contributed by atoms with E-state index in [-0.39, 0.29) is 5.69 Å². The van der Waals surface area contributed by atoms with Crippen LogP contribution in [0.2, 0.25) is 0 Å². The molecule has 0 amide bonds. The van der Waals surface area contributed by atoms with E-state index in [4.69, 9.17) is 0 Å². The maximum absolute atomic E-state index is 12.9. The van der Waals surface area contributed by atoms with Gasteiger partial charge in [-0.15, -0.1) is 0 Å². The number of hydrogen-bond acceptors (Lipinski definition) is 3. The largest absolute Gasteiger partial charge is 0.357 e.